The van der Waals surface area contributed by atoms with Crippen molar-refractivity contribution >= 4 is 5.97 Å². The molecule has 0 amide bonds. The van der Waals surface area contributed by atoms with E-state index in [4.69, 9.17) is 10.8 Å². The molecule has 0 bridgehead atoms. The standard InChI is InChI=1S/C13H20N2O2/c1-9-3-4-11(10(2)7-9)5-6-15-8-12(14)13(16)17/h3-4,7,12,15H,5-6,8,14H2,1-2H3,(H,16,17). The Morgan fingerprint density at radius 1 is 1.47 bits per heavy atom. The molecule has 1 aromatic rings. The van der Waals surface area contributed by atoms with Crippen LogP contribution in [-0.4, -0.2) is 30.2 Å². The van der Waals surface area contributed by atoms with Gasteiger partial charge in [0.2, 0.25) is 0 Å². The second-order valence-electron chi connectivity index (χ2n) is 4.33. The van der Waals surface area contributed by atoms with Crippen LogP contribution in [0.2, 0.25) is 0 Å². The molecule has 17 heavy (non-hydrogen) atoms. The van der Waals surface area contributed by atoms with E-state index in [1.807, 2.05) is 0 Å². The lowest BCUT2D eigenvalue weighted by atomic mass is 10.0. The Morgan fingerprint density at radius 3 is 2.76 bits per heavy atom. The van der Waals surface area contributed by atoms with Crippen molar-refractivity contribution in [3.05, 3.63) is 34.9 Å². The highest BCUT2D eigenvalue weighted by Crippen LogP contribution is 2.10. The van der Waals surface area contributed by atoms with Gasteiger partial charge in [-0.05, 0) is 37.9 Å². The summed E-state index contributed by atoms with van der Waals surface area (Å²) in [4.78, 5) is 10.5. The number of carbonyl (C=O) groups is 1. The zero-order chi connectivity index (χ0) is 12.8. The van der Waals surface area contributed by atoms with Crippen LogP contribution in [0.1, 0.15) is 16.7 Å². The Hall–Kier alpha value is -1.39. The van der Waals surface area contributed by atoms with Crippen molar-refractivity contribution < 1.29 is 9.90 Å². The van der Waals surface area contributed by atoms with Gasteiger partial charge in [0.15, 0.2) is 0 Å². The van der Waals surface area contributed by atoms with Crippen molar-refractivity contribution in [1.82, 2.24) is 5.32 Å². The Kier molecular flexibility index (Phi) is 5.12. The lowest BCUT2D eigenvalue weighted by molar-refractivity contribution is -0.138. The van der Waals surface area contributed by atoms with Gasteiger partial charge in [0, 0.05) is 6.54 Å². The van der Waals surface area contributed by atoms with Gasteiger partial charge in [-0.25, -0.2) is 0 Å². The van der Waals surface area contributed by atoms with Crippen molar-refractivity contribution in [2.75, 3.05) is 13.1 Å². The van der Waals surface area contributed by atoms with E-state index in [2.05, 4.69) is 37.4 Å². The van der Waals surface area contributed by atoms with E-state index in [-0.39, 0.29) is 0 Å². The molecule has 1 unspecified atom stereocenters. The lowest BCUT2D eigenvalue weighted by Gasteiger charge is -2.10. The lowest BCUT2D eigenvalue weighted by Crippen LogP contribution is -2.40. The highest BCUT2D eigenvalue weighted by atomic mass is 16.4. The molecule has 1 atom stereocenters. The molecule has 4 nitrogen and oxygen atoms in total. The number of aliphatic carboxylic acids is 1. The topological polar surface area (TPSA) is 75.3 Å². The zero-order valence-electron chi connectivity index (χ0n) is 10.4. The second kappa shape index (κ2) is 6.37. The number of carboxylic acid groups (broad SMARTS) is 1. The minimum atomic E-state index is -0.969. The van der Waals surface area contributed by atoms with Crippen molar-refractivity contribution in [3.63, 3.8) is 0 Å². The Labute approximate surface area is 102 Å². The molecule has 1 aromatic carbocycles. The minimum Gasteiger partial charge on any atom is -0.480 e. The third kappa shape index (κ3) is 4.54. The summed E-state index contributed by atoms with van der Waals surface area (Å²) in [6.07, 6.45) is 0.887. The largest absolute Gasteiger partial charge is 0.480 e. The Balaban J connectivity index is 2.34. The number of benzene rings is 1. The summed E-state index contributed by atoms with van der Waals surface area (Å²) in [5.74, 6) is -0.969. The van der Waals surface area contributed by atoms with Gasteiger partial charge in [-0.15, -0.1) is 0 Å². The zero-order valence-corrected chi connectivity index (χ0v) is 10.4. The number of hydrogen-bond donors (Lipinski definition) is 3. The number of nitrogens with two attached hydrogens (primary N) is 1. The fourth-order valence-electron chi connectivity index (χ4n) is 1.69. The fraction of sp³-hybridized carbons (Fsp3) is 0.462. The summed E-state index contributed by atoms with van der Waals surface area (Å²) in [5.41, 5.74) is 9.20. The smallest absolute Gasteiger partial charge is 0.321 e. The summed E-state index contributed by atoms with van der Waals surface area (Å²) in [5, 5.41) is 11.7. The van der Waals surface area contributed by atoms with Crippen LogP contribution in [0.4, 0.5) is 0 Å². The number of hydrogen-bond acceptors (Lipinski definition) is 3. The summed E-state index contributed by atoms with van der Waals surface area (Å²) in [7, 11) is 0. The highest BCUT2D eigenvalue weighted by Gasteiger charge is 2.09. The van der Waals surface area contributed by atoms with Crippen LogP contribution in [0.3, 0.4) is 0 Å². The first-order valence-electron chi connectivity index (χ1n) is 5.76. The molecule has 0 saturated heterocycles. The van der Waals surface area contributed by atoms with Crippen molar-refractivity contribution in [3.8, 4) is 0 Å². The molecule has 0 fully saturated rings. The molecule has 0 radical (unpaired) electrons. The molecule has 94 valence electrons. The van der Waals surface area contributed by atoms with E-state index in [1.165, 1.54) is 16.7 Å². The van der Waals surface area contributed by atoms with Crippen LogP contribution in [0.5, 0.6) is 0 Å². The Bertz CT molecular complexity index is 391. The van der Waals surface area contributed by atoms with E-state index < -0.39 is 12.0 Å². The average Bonchev–Trinajstić information content (AvgIpc) is 2.26. The predicted octanol–water partition coefficient (Wildman–Crippen LogP) is 0.847. The molecule has 0 aliphatic carbocycles. The number of aryl methyl sites for hydroxylation is 2. The molecule has 0 aliphatic rings. The molecule has 0 saturated carbocycles. The summed E-state index contributed by atoms with van der Waals surface area (Å²) in [6, 6.07) is 5.53. The van der Waals surface area contributed by atoms with Crippen LogP contribution in [-0.2, 0) is 11.2 Å². The van der Waals surface area contributed by atoms with Crippen LogP contribution in [0.25, 0.3) is 0 Å². The SMILES string of the molecule is Cc1ccc(CCNCC(N)C(=O)O)c(C)c1. The average molecular weight is 236 g/mol. The first-order chi connectivity index (χ1) is 8.00. The van der Waals surface area contributed by atoms with Gasteiger partial charge in [0.05, 0.1) is 0 Å². The maximum Gasteiger partial charge on any atom is 0.321 e. The monoisotopic (exact) mass is 236 g/mol. The summed E-state index contributed by atoms with van der Waals surface area (Å²) >= 11 is 0. The van der Waals surface area contributed by atoms with Gasteiger partial charge in [0.1, 0.15) is 6.04 Å². The van der Waals surface area contributed by atoms with Crippen molar-refractivity contribution in [2.45, 2.75) is 26.3 Å². The molecular weight excluding hydrogens is 216 g/mol. The number of nitrogens with one attached hydrogen (secondary N) is 1. The van der Waals surface area contributed by atoms with Crippen LogP contribution in [0, 0.1) is 13.8 Å². The van der Waals surface area contributed by atoms with Crippen molar-refractivity contribution in [1.29, 1.82) is 0 Å². The maximum atomic E-state index is 10.5. The van der Waals surface area contributed by atoms with Crippen LogP contribution in [0.15, 0.2) is 18.2 Å². The maximum absolute atomic E-state index is 10.5. The predicted molar refractivity (Wildman–Crippen MR) is 68.1 cm³/mol. The number of carboxylic acids is 1. The first kappa shape index (κ1) is 13.7. The normalized spacial score (nSPS) is 12.4. The van der Waals surface area contributed by atoms with Gasteiger partial charge >= 0.3 is 5.97 Å². The van der Waals surface area contributed by atoms with Gasteiger partial charge in [0.25, 0.3) is 0 Å². The molecular formula is C13H20N2O2. The third-order valence-corrected chi connectivity index (χ3v) is 2.75. The fourth-order valence-corrected chi connectivity index (χ4v) is 1.69. The first-order valence-corrected chi connectivity index (χ1v) is 5.76. The van der Waals surface area contributed by atoms with E-state index in [0.29, 0.717) is 6.54 Å². The molecule has 4 N–H and O–H groups in total. The van der Waals surface area contributed by atoms with E-state index in [9.17, 15) is 4.79 Å². The minimum absolute atomic E-state index is 0.306. The number of rotatable bonds is 6. The third-order valence-electron chi connectivity index (χ3n) is 2.75. The molecule has 0 heterocycles. The molecule has 0 aliphatic heterocycles. The summed E-state index contributed by atoms with van der Waals surface area (Å²) < 4.78 is 0. The summed E-state index contributed by atoms with van der Waals surface area (Å²) in [6.45, 7) is 5.21. The van der Waals surface area contributed by atoms with Gasteiger partial charge in [-0.3, -0.25) is 4.79 Å². The molecule has 0 aromatic heterocycles. The van der Waals surface area contributed by atoms with E-state index >= 15 is 0 Å². The van der Waals surface area contributed by atoms with E-state index in [0.717, 1.165) is 13.0 Å². The van der Waals surface area contributed by atoms with Crippen molar-refractivity contribution in [2.24, 2.45) is 5.73 Å². The molecule has 1 rings (SSSR count). The molecule has 0 spiro atoms. The quantitative estimate of drug-likeness (QED) is 0.640. The van der Waals surface area contributed by atoms with Crippen LogP contribution < -0.4 is 11.1 Å². The van der Waals surface area contributed by atoms with Gasteiger partial charge in [-0.1, -0.05) is 23.8 Å². The van der Waals surface area contributed by atoms with Gasteiger partial charge < -0.3 is 16.2 Å². The van der Waals surface area contributed by atoms with Crippen LogP contribution >= 0.6 is 0 Å². The highest BCUT2D eigenvalue weighted by molar-refractivity contribution is 5.73. The second-order valence-corrected chi connectivity index (χ2v) is 4.33. The molecule has 4 heteroatoms. The Morgan fingerprint density at radius 2 is 2.18 bits per heavy atom. The van der Waals surface area contributed by atoms with E-state index in [1.54, 1.807) is 0 Å². The van der Waals surface area contributed by atoms with Gasteiger partial charge in [-0.2, -0.15) is 0 Å².